The van der Waals surface area contributed by atoms with E-state index in [4.69, 9.17) is 0 Å². The molecule has 0 bridgehead atoms. The highest BCUT2D eigenvalue weighted by Crippen LogP contribution is 2.36. The summed E-state index contributed by atoms with van der Waals surface area (Å²) >= 11 is 1.27. The van der Waals surface area contributed by atoms with E-state index in [1.165, 1.54) is 37.3 Å². The lowest BCUT2D eigenvalue weighted by atomic mass is 10.00. The molecule has 2 heterocycles. The minimum atomic E-state index is -0.438. The zero-order valence-electron chi connectivity index (χ0n) is 18.1. The molecule has 0 radical (unpaired) electrons. The number of aromatic nitrogens is 1. The molecule has 1 aliphatic rings. The Morgan fingerprint density at radius 1 is 0.970 bits per heavy atom. The Morgan fingerprint density at radius 3 is 2.27 bits per heavy atom. The van der Waals surface area contributed by atoms with Crippen molar-refractivity contribution in [2.75, 3.05) is 21.3 Å². The van der Waals surface area contributed by atoms with Gasteiger partial charge in [0.1, 0.15) is 0 Å². The number of hydrogen-bond acceptors (Lipinski definition) is 6. The van der Waals surface area contributed by atoms with Crippen molar-refractivity contribution < 1.29 is 19.2 Å². The van der Waals surface area contributed by atoms with Gasteiger partial charge in [-0.25, -0.2) is 4.98 Å². The summed E-state index contributed by atoms with van der Waals surface area (Å²) in [5, 5.41) is 13.0. The van der Waals surface area contributed by atoms with Crippen molar-refractivity contribution in [3.63, 3.8) is 0 Å². The standard InChI is InChI=1S/C23H21N5O4S/c1-11-18-8-14(4-5-19(18)26-21(11)31)20-10-33-23(27-20)28-22(32)15-6-16(24-12(2)29)9-17(7-15)25-13(3)30/h4-11H,1-3H3,(H,24,29)(H,25,30)(H,26,31)(H,27,28,32). The van der Waals surface area contributed by atoms with Crippen LogP contribution in [0.15, 0.2) is 41.8 Å². The number of rotatable bonds is 5. The first-order valence-electron chi connectivity index (χ1n) is 10.1. The van der Waals surface area contributed by atoms with E-state index in [1.54, 1.807) is 6.07 Å². The summed E-state index contributed by atoms with van der Waals surface area (Å²) in [4.78, 5) is 52.1. The van der Waals surface area contributed by atoms with E-state index in [1.807, 2.05) is 30.5 Å². The lowest BCUT2D eigenvalue weighted by molar-refractivity contribution is -0.117. The molecule has 33 heavy (non-hydrogen) atoms. The van der Waals surface area contributed by atoms with Gasteiger partial charge in [0.05, 0.1) is 11.6 Å². The van der Waals surface area contributed by atoms with Crippen LogP contribution in [-0.4, -0.2) is 28.6 Å². The van der Waals surface area contributed by atoms with Gasteiger partial charge in [0, 0.05) is 47.4 Å². The van der Waals surface area contributed by atoms with Gasteiger partial charge in [0.15, 0.2) is 5.13 Å². The fourth-order valence-corrected chi connectivity index (χ4v) is 4.23. The molecule has 1 aliphatic heterocycles. The molecule has 4 N–H and O–H groups in total. The first-order valence-corrected chi connectivity index (χ1v) is 11.0. The maximum Gasteiger partial charge on any atom is 0.257 e. The molecule has 0 fully saturated rings. The Balaban J connectivity index is 1.55. The first-order chi connectivity index (χ1) is 15.7. The van der Waals surface area contributed by atoms with E-state index in [-0.39, 0.29) is 29.2 Å². The van der Waals surface area contributed by atoms with Crippen molar-refractivity contribution in [1.29, 1.82) is 0 Å². The van der Waals surface area contributed by atoms with Gasteiger partial charge in [-0.1, -0.05) is 6.07 Å². The second-order valence-corrected chi connectivity index (χ2v) is 8.52. The van der Waals surface area contributed by atoms with Crippen LogP contribution in [0.2, 0.25) is 0 Å². The van der Waals surface area contributed by atoms with Crippen LogP contribution in [0, 0.1) is 0 Å². The molecule has 9 nitrogen and oxygen atoms in total. The van der Waals surface area contributed by atoms with Crippen LogP contribution in [0.1, 0.15) is 42.6 Å². The second-order valence-electron chi connectivity index (χ2n) is 7.67. The zero-order chi connectivity index (χ0) is 23.7. The summed E-state index contributed by atoms with van der Waals surface area (Å²) in [6.07, 6.45) is 0. The summed E-state index contributed by atoms with van der Waals surface area (Å²) in [6.45, 7) is 4.56. The van der Waals surface area contributed by atoms with Gasteiger partial charge in [0.2, 0.25) is 17.7 Å². The summed E-state index contributed by atoms with van der Waals surface area (Å²) in [6, 6.07) is 10.2. The third kappa shape index (κ3) is 4.90. The molecule has 1 aromatic heterocycles. The Labute approximate surface area is 193 Å². The Hall–Kier alpha value is -4.05. The zero-order valence-corrected chi connectivity index (χ0v) is 18.9. The quantitative estimate of drug-likeness (QED) is 0.454. The van der Waals surface area contributed by atoms with Gasteiger partial charge < -0.3 is 16.0 Å². The third-order valence-electron chi connectivity index (χ3n) is 5.03. The van der Waals surface area contributed by atoms with Crippen molar-refractivity contribution in [3.8, 4) is 11.3 Å². The number of hydrogen-bond donors (Lipinski definition) is 4. The summed E-state index contributed by atoms with van der Waals surface area (Å²) in [7, 11) is 0. The van der Waals surface area contributed by atoms with Gasteiger partial charge in [-0.3, -0.25) is 24.5 Å². The molecule has 0 saturated carbocycles. The number of carbonyl (C=O) groups is 4. The van der Waals surface area contributed by atoms with E-state index in [2.05, 4.69) is 26.3 Å². The number of nitrogens with one attached hydrogen (secondary N) is 4. The lowest BCUT2D eigenvalue weighted by Gasteiger charge is -2.10. The number of benzene rings is 2. The minimum absolute atomic E-state index is 0.0338. The average Bonchev–Trinajstić information content (AvgIpc) is 3.31. The van der Waals surface area contributed by atoms with E-state index in [0.29, 0.717) is 22.2 Å². The van der Waals surface area contributed by atoms with E-state index >= 15 is 0 Å². The van der Waals surface area contributed by atoms with Gasteiger partial charge >= 0.3 is 0 Å². The first kappa shape index (κ1) is 22.2. The highest BCUT2D eigenvalue weighted by Gasteiger charge is 2.26. The molecule has 2 aromatic carbocycles. The molecule has 3 aromatic rings. The second kappa shape index (κ2) is 8.83. The summed E-state index contributed by atoms with van der Waals surface area (Å²) in [5.41, 5.74) is 4.25. The predicted molar refractivity (Wildman–Crippen MR) is 128 cm³/mol. The van der Waals surface area contributed by atoms with Crippen LogP contribution in [0.4, 0.5) is 22.2 Å². The number of thiazole rings is 1. The monoisotopic (exact) mass is 463 g/mol. The normalized spacial score (nSPS) is 14.3. The summed E-state index contributed by atoms with van der Waals surface area (Å²) in [5.74, 6) is -1.30. The smallest absolute Gasteiger partial charge is 0.257 e. The van der Waals surface area contributed by atoms with Crippen LogP contribution >= 0.6 is 11.3 Å². The average molecular weight is 464 g/mol. The van der Waals surface area contributed by atoms with Crippen molar-refractivity contribution in [2.24, 2.45) is 0 Å². The van der Waals surface area contributed by atoms with Crippen molar-refractivity contribution in [3.05, 3.63) is 52.9 Å². The number of anilines is 4. The highest BCUT2D eigenvalue weighted by molar-refractivity contribution is 7.14. The maximum absolute atomic E-state index is 12.9. The van der Waals surface area contributed by atoms with Gasteiger partial charge in [0.25, 0.3) is 5.91 Å². The fraction of sp³-hybridized carbons (Fsp3) is 0.174. The van der Waals surface area contributed by atoms with Crippen LogP contribution in [0.5, 0.6) is 0 Å². The van der Waals surface area contributed by atoms with Crippen LogP contribution < -0.4 is 21.3 Å². The minimum Gasteiger partial charge on any atom is -0.326 e. The molecule has 1 unspecified atom stereocenters. The Bertz CT molecular complexity index is 1270. The topological polar surface area (TPSA) is 129 Å². The summed E-state index contributed by atoms with van der Waals surface area (Å²) < 4.78 is 0. The predicted octanol–water partition coefficient (Wildman–Crippen LogP) is 4.03. The molecule has 0 aliphatic carbocycles. The van der Waals surface area contributed by atoms with Crippen molar-refractivity contribution >= 4 is 57.2 Å². The van der Waals surface area contributed by atoms with Gasteiger partial charge in [-0.05, 0) is 42.8 Å². The van der Waals surface area contributed by atoms with E-state index in [9.17, 15) is 19.2 Å². The molecular weight excluding hydrogens is 442 g/mol. The number of carbonyl (C=O) groups excluding carboxylic acids is 4. The molecule has 0 saturated heterocycles. The fourth-order valence-electron chi connectivity index (χ4n) is 3.52. The Morgan fingerprint density at radius 2 is 1.64 bits per heavy atom. The van der Waals surface area contributed by atoms with E-state index in [0.717, 1.165) is 16.8 Å². The van der Waals surface area contributed by atoms with Crippen LogP contribution in [0.25, 0.3) is 11.3 Å². The number of amides is 4. The maximum atomic E-state index is 12.9. The number of nitrogens with zero attached hydrogens (tertiary/aromatic N) is 1. The molecule has 168 valence electrons. The van der Waals surface area contributed by atoms with E-state index < -0.39 is 5.91 Å². The molecule has 4 rings (SSSR count). The number of fused-ring (bicyclic) bond motifs is 1. The van der Waals surface area contributed by atoms with Crippen LogP contribution in [-0.2, 0) is 14.4 Å². The molecule has 10 heteroatoms. The van der Waals surface area contributed by atoms with Gasteiger partial charge in [-0.2, -0.15) is 0 Å². The molecule has 1 atom stereocenters. The molecule has 0 spiro atoms. The van der Waals surface area contributed by atoms with Crippen molar-refractivity contribution in [2.45, 2.75) is 26.7 Å². The van der Waals surface area contributed by atoms with Crippen LogP contribution in [0.3, 0.4) is 0 Å². The highest BCUT2D eigenvalue weighted by atomic mass is 32.1. The third-order valence-corrected chi connectivity index (χ3v) is 5.78. The lowest BCUT2D eigenvalue weighted by Crippen LogP contribution is -2.15. The van der Waals surface area contributed by atoms with Gasteiger partial charge in [-0.15, -0.1) is 11.3 Å². The van der Waals surface area contributed by atoms with Crippen molar-refractivity contribution in [1.82, 2.24) is 4.98 Å². The molecular formula is C23H21N5O4S. The SMILES string of the molecule is CC(=O)Nc1cc(NC(C)=O)cc(C(=O)Nc2nc(-c3ccc4c(c3)C(C)C(=O)N4)cs2)c1. The Kier molecular flexibility index (Phi) is 5.93. The molecule has 4 amide bonds. The largest absolute Gasteiger partial charge is 0.326 e.